The maximum atomic E-state index is 12.3. The maximum Gasteiger partial charge on any atom is 0.295 e. The van der Waals surface area contributed by atoms with Crippen LogP contribution in [0.1, 0.15) is 11.1 Å². The van der Waals surface area contributed by atoms with E-state index >= 15 is 0 Å². The first kappa shape index (κ1) is 37.3. The molecule has 0 amide bonds. The molecular formula is C30H20N6O15S4. The zero-order valence-electron chi connectivity index (χ0n) is 26.8. The second kappa shape index (κ2) is 12.8. The number of fused-ring (bicyclic) bond motifs is 3. The lowest BCUT2D eigenvalue weighted by molar-refractivity contribution is -0.385. The van der Waals surface area contributed by atoms with Gasteiger partial charge in [-0.3, -0.25) is 28.3 Å². The van der Waals surface area contributed by atoms with Crippen LogP contribution < -0.4 is 0 Å². The Kier molecular flexibility index (Phi) is 8.65. The zero-order valence-corrected chi connectivity index (χ0v) is 30.1. The quantitative estimate of drug-likeness (QED) is 0.0659. The Labute approximate surface area is 308 Å². The highest BCUT2D eigenvalue weighted by molar-refractivity contribution is 7.87. The summed E-state index contributed by atoms with van der Waals surface area (Å²) >= 11 is 0. The smallest absolute Gasteiger partial charge is 0.282 e. The molecule has 2 aromatic heterocycles. The molecule has 0 bridgehead atoms. The Morgan fingerprint density at radius 3 is 1.71 bits per heavy atom. The SMILES string of the molecule is O=[N+]([O-])c1ccc(C=Cc2ccc(-n3on3-c3ccc(-n4nc5ccc6c(S(=O)(=O)O)cc(S(=O)(=O)O)cc6c5n4)cc3)cc2S(=O)(=O)O)c(S(=O)(=O)O)c1. The molecule has 0 aliphatic rings. The Morgan fingerprint density at radius 2 is 1.13 bits per heavy atom. The van der Waals surface area contributed by atoms with Crippen molar-refractivity contribution >= 4 is 80.1 Å². The standard InChI is InChI=1S/C30H20N6O15S4/c37-36(38)22-6-4-18(28(14-22)54(45,46)47)2-1-17-3-5-21(13-27(17)53(42,43)44)35-34(51-35)20-9-7-19(8-10-20)33-31-26-12-11-24-25(30(26)32-33)15-23(52(39,40)41)16-29(24)55(48,49)50/h1-16H,(H,39,40,41)(H,42,43,44)(H,45,46,47)(H,48,49,50). The van der Waals surface area contributed by atoms with Crippen LogP contribution in [0.5, 0.6) is 0 Å². The van der Waals surface area contributed by atoms with Gasteiger partial charge in [0, 0.05) is 22.9 Å². The first-order valence-corrected chi connectivity index (χ1v) is 20.6. The van der Waals surface area contributed by atoms with Gasteiger partial charge in [0.1, 0.15) is 37.1 Å². The van der Waals surface area contributed by atoms with Crippen LogP contribution >= 0.6 is 0 Å². The molecule has 0 atom stereocenters. The van der Waals surface area contributed by atoms with Crippen molar-refractivity contribution in [3.8, 4) is 17.1 Å². The van der Waals surface area contributed by atoms with Crippen molar-refractivity contribution in [3.05, 3.63) is 106 Å². The van der Waals surface area contributed by atoms with Crippen LogP contribution in [0.4, 0.5) is 5.69 Å². The van der Waals surface area contributed by atoms with E-state index in [2.05, 4.69) is 10.2 Å². The molecule has 7 aromatic rings. The van der Waals surface area contributed by atoms with Gasteiger partial charge in [-0.1, -0.05) is 34.0 Å². The summed E-state index contributed by atoms with van der Waals surface area (Å²) in [5, 5.41) is 19.7. The summed E-state index contributed by atoms with van der Waals surface area (Å²) < 4.78 is 141. The van der Waals surface area contributed by atoms with Gasteiger partial charge in [-0.25, -0.2) is 4.63 Å². The summed E-state index contributed by atoms with van der Waals surface area (Å²) in [4.78, 5) is 10.7. The van der Waals surface area contributed by atoms with Crippen molar-refractivity contribution < 1.29 is 61.4 Å². The fourth-order valence-electron chi connectivity index (χ4n) is 5.49. The van der Waals surface area contributed by atoms with E-state index in [9.17, 15) is 62.0 Å². The summed E-state index contributed by atoms with van der Waals surface area (Å²) in [5.41, 5.74) is 0.146. The van der Waals surface area contributed by atoms with Gasteiger partial charge in [0.25, 0.3) is 46.2 Å². The summed E-state index contributed by atoms with van der Waals surface area (Å²) in [6.45, 7) is 0. The third-order valence-corrected chi connectivity index (χ3v) is 11.6. The van der Waals surface area contributed by atoms with Crippen molar-refractivity contribution in [2.75, 3.05) is 0 Å². The van der Waals surface area contributed by atoms with E-state index in [0.29, 0.717) is 23.5 Å². The molecule has 7 rings (SSSR count). The fraction of sp³-hybridized carbons (Fsp3) is 0. The average Bonchev–Trinajstić information content (AvgIpc) is 3.78. The molecule has 2 heterocycles. The van der Waals surface area contributed by atoms with Gasteiger partial charge in [0.15, 0.2) is 0 Å². The summed E-state index contributed by atoms with van der Waals surface area (Å²) in [6, 6.07) is 16.8. The van der Waals surface area contributed by atoms with Gasteiger partial charge in [-0.15, -0.1) is 10.2 Å². The molecule has 0 unspecified atom stereocenters. The molecule has 4 N–H and O–H groups in total. The molecule has 5 aromatic carbocycles. The molecular weight excluding hydrogens is 813 g/mol. The number of hydrogen-bond donors (Lipinski definition) is 4. The third kappa shape index (κ3) is 7.27. The second-order valence-electron chi connectivity index (χ2n) is 11.5. The summed E-state index contributed by atoms with van der Waals surface area (Å²) in [5.74, 6) is 0. The summed E-state index contributed by atoms with van der Waals surface area (Å²) in [7, 11) is -19.7. The van der Waals surface area contributed by atoms with Gasteiger partial charge < -0.3 is 0 Å². The van der Waals surface area contributed by atoms with Gasteiger partial charge >= 0.3 is 0 Å². The molecule has 0 aliphatic heterocycles. The minimum Gasteiger partial charge on any atom is -0.282 e. The Balaban J connectivity index is 1.19. The number of nitro benzene ring substituents is 1. The highest BCUT2D eigenvalue weighted by Crippen LogP contribution is 2.33. The normalized spacial score (nSPS) is 13.0. The lowest BCUT2D eigenvalue weighted by Crippen LogP contribution is -2.04. The zero-order chi connectivity index (χ0) is 39.8. The maximum absolute atomic E-state index is 12.3. The minimum absolute atomic E-state index is 0.0389. The van der Waals surface area contributed by atoms with Crippen molar-refractivity contribution in [2.24, 2.45) is 0 Å². The van der Waals surface area contributed by atoms with E-state index in [1.54, 1.807) is 24.3 Å². The molecule has 0 fully saturated rings. The van der Waals surface area contributed by atoms with Gasteiger partial charge in [-0.05, 0) is 71.8 Å². The van der Waals surface area contributed by atoms with Crippen LogP contribution in [-0.4, -0.2) is 81.5 Å². The molecule has 0 saturated carbocycles. The molecule has 0 spiro atoms. The Hall–Kier alpha value is -6.06. The third-order valence-electron chi connectivity index (χ3n) is 8.01. The molecule has 0 saturated heterocycles. The van der Waals surface area contributed by atoms with Crippen molar-refractivity contribution in [1.29, 1.82) is 0 Å². The molecule has 25 heteroatoms. The molecule has 0 radical (unpaired) electrons. The molecule has 284 valence electrons. The van der Waals surface area contributed by atoms with E-state index in [4.69, 9.17) is 4.63 Å². The lowest BCUT2D eigenvalue weighted by atomic mass is 10.1. The van der Waals surface area contributed by atoms with Gasteiger partial charge in [-0.2, -0.15) is 38.5 Å². The lowest BCUT2D eigenvalue weighted by Gasteiger charge is -2.07. The number of hydrogen-bond acceptors (Lipinski definition) is 13. The number of rotatable bonds is 10. The van der Waals surface area contributed by atoms with Gasteiger partial charge in [0.2, 0.25) is 0 Å². The predicted molar refractivity (Wildman–Crippen MR) is 189 cm³/mol. The van der Waals surface area contributed by atoms with E-state index in [-0.39, 0.29) is 38.6 Å². The number of benzene rings is 5. The van der Waals surface area contributed by atoms with E-state index in [1.165, 1.54) is 29.1 Å². The summed E-state index contributed by atoms with van der Waals surface area (Å²) in [6.07, 6.45) is 2.19. The first-order chi connectivity index (χ1) is 25.6. The van der Waals surface area contributed by atoms with Crippen molar-refractivity contribution in [2.45, 2.75) is 19.6 Å². The largest absolute Gasteiger partial charge is 0.295 e. The van der Waals surface area contributed by atoms with Crippen LogP contribution in [0.2, 0.25) is 0 Å². The number of non-ortho nitro benzene ring substituents is 1. The highest BCUT2D eigenvalue weighted by Gasteiger charge is 2.25. The monoisotopic (exact) mass is 832 g/mol. The number of nitro groups is 1. The fourth-order valence-corrected chi connectivity index (χ4v) is 8.23. The van der Waals surface area contributed by atoms with Crippen LogP contribution in [0.3, 0.4) is 0 Å². The molecule has 55 heavy (non-hydrogen) atoms. The topological polar surface area (TPSA) is 314 Å². The van der Waals surface area contributed by atoms with Gasteiger partial charge in [0.05, 0.1) is 15.5 Å². The number of nitrogens with zero attached hydrogens (tertiary/aromatic N) is 6. The Morgan fingerprint density at radius 1 is 0.582 bits per heavy atom. The van der Waals surface area contributed by atoms with Crippen LogP contribution in [0.25, 0.3) is 51.0 Å². The second-order valence-corrected chi connectivity index (χ2v) is 17.1. The first-order valence-electron chi connectivity index (χ1n) is 14.8. The van der Waals surface area contributed by atoms with Crippen LogP contribution in [-0.2, 0) is 40.5 Å². The Bertz CT molecular complexity index is 3230. The minimum atomic E-state index is -4.93. The van der Waals surface area contributed by atoms with E-state index in [1.807, 2.05) is 0 Å². The average molecular weight is 833 g/mol. The predicted octanol–water partition coefficient (Wildman–Crippen LogP) is 3.81. The van der Waals surface area contributed by atoms with Crippen LogP contribution in [0, 0.1) is 10.1 Å². The van der Waals surface area contributed by atoms with Crippen LogP contribution in [0.15, 0.2) is 109 Å². The van der Waals surface area contributed by atoms with Crippen molar-refractivity contribution in [1.82, 2.24) is 24.7 Å². The van der Waals surface area contributed by atoms with E-state index < -0.39 is 70.7 Å². The van der Waals surface area contributed by atoms with Crippen molar-refractivity contribution in [3.63, 3.8) is 0 Å². The number of aromatic nitrogens is 5. The molecule has 0 aliphatic carbocycles. The highest BCUT2D eigenvalue weighted by atomic mass is 32.2. The molecule has 21 nitrogen and oxygen atoms in total. The van der Waals surface area contributed by atoms with E-state index in [0.717, 1.165) is 46.1 Å².